The van der Waals surface area contributed by atoms with Crippen LogP contribution >= 0.6 is 0 Å². The van der Waals surface area contributed by atoms with Crippen LogP contribution in [-0.4, -0.2) is 87.3 Å². The molecule has 168 valence electrons. The number of carboxylic acids is 1. The molecule has 0 aromatic carbocycles. The minimum atomic E-state index is -5.08. The molecule has 0 aromatic rings. The number of hydrogen-bond donors (Lipinski definition) is 2. The third-order valence-corrected chi connectivity index (χ3v) is 7.68. The lowest BCUT2D eigenvalue weighted by Gasteiger charge is -2.41. The molecule has 12 heteroatoms. The highest BCUT2D eigenvalue weighted by Crippen LogP contribution is 2.62. The summed E-state index contributed by atoms with van der Waals surface area (Å²) >= 11 is 0. The van der Waals surface area contributed by atoms with Crippen molar-refractivity contribution in [3.8, 4) is 0 Å². The van der Waals surface area contributed by atoms with Crippen molar-refractivity contribution >= 4 is 21.9 Å². The second kappa shape index (κ2) is 8.03. The van der Waals surface area contributed by atoms with E-state index in [1.165, 1.54) is 6.26 Å². The highest BCUT2D eigenvalue weighted by Gasteiger charge is 2.65. The van der Waals surface area contributed by atoms with Gasteiger partial charge in [-0.2, -0.15) is 13.2 Å². The van der Waals surface area contributed by atoms with Crippen molar-refractivity contribution in [3.05, 3.63) is 0 Å². The molecular formula is C17H28F3N3O5S. The lowest BCUT2D eigenvalue weighted by atomic mass is 9.66. The van der Waals surface area contributed by atoms with Crippen LogP contribution in [0.2, 0.25) is 0 Å². The van der Waals surface area contributed by atoms with E-state index in [1.807, 2.05) is 0 Å². The molecule has 1 spiro atoms. The van der Waals surface area contributed by atoms with E-state index in [4.69, 9.17) is 9.90 Å². The van der Waals surface area contributed by atoms with E-state index in [-0.39, 0.29) is 17.2 Å². The van der Waals surface area contributed by atoms with Gasteiger partial charge in [-0.25, -0.2) is 17.5 Å². The van der Waals surface area contributed by atoms with Gasteiger partial charge < -0.3 is 15.3 Å². The lowest BCUT2D eigenvalue weighted by molar-refractivity contribution is -0.192. The number of amides is 1. The number of hydrogen-bond acceptors (Lipinski definition) is 5. The standard InChI is InChI=1S/C15H27N3O3S.C2HF3O2/c1-17(2)13(19)15-5-4-14(6-8-16-9-7-14)12(15)10-18(11-15)22(3,20)21;3-2(4,5)1(6)7/h12,16H,4-11H2,1-3H3;(H,6,7)/t12-,15+;/m0./s1. The first-order valence-electron chi connectivity index (χ1n) is 9.33. The van der Waals surface area contributed by atoms with Crippen LogP contribution < -0.4 is 5.32 Å². The maximum absolute atomic E-state index is 12.9. The Labute approximate surface area is 168 Å². The number of carbonyl (C=O) groups is 2. The molecule has 3 fully saturated rings. The first kappa shape index (κ1) is 23.9. The molecule has 2 atom stereocenters. The minimum Gasteiger partial charge on any atom is -0.475 e. The number of alkyl halides is 3. The molecule has 1 saturated carbocycles. The summed E-state index contributed by atoms with van der Waals surface area (Å²) in [6.45, 7) is 2.82. The zero-order chi connectivity index (χ0) is 22.3. The predicted octanol–water partition coefficient (Wildman–Crippen LogP) is 0.749. The van der Waals surface area contributed by atoms with Gasteiger partial charge in [-0.1, -0.05) is 0 Å². The van der Waals surface area contributed by atoms with Gasteiger partial charge in [0.15, 0.2) is 0 Å². The monoisotopic (exact) mass is 443 g/mol. The Morgan fingerprint density at radius 1 is 1.14 bits per heavy atom. The van der Waals surface area contributed by atoms with Crippen LogP contribution in [0.15, 0.2) is 0 Å². The first-order chi connectivity index (χ1) is 13.2. The van der Waals surface area contributed by atoms with Gasteiger partial charge in [0.05, 0.1) is 11.7 Å². The zero-order valence-electron chi connectivity index (χ0n) is 16.8. The van der Waals surface area contributed by atoms with E-state index in [9.17, 15) is 26.4 Å². The van der Waals surface area contributed by atoms with Crippen LogP contribution in [0.25, 0.3) is 0 Å². The van der Waals surface area contributed by atoms with Gasteiger partial charge in [-0.3, -0.25) is 4.79 Å². The molecule has 2 saturated heterocycles. The van der Waals surface area contributed by atoms with Crippen molar-refractivity contribution in [2.75, 3.05) is 46.5 Å². The Balaban J connectivity index is 0.000000370. The number of carbonyl (C=O) groups excluding carboxylic acids is 1. The molecule has 8 nitrogen and oxygen atoms in total. The van der Waals surface area contributed by atoms with Crippen LogP contribution in [0.1, 0.15) is 25.7 Å². The summed E-state index contributed by atoms with van der Waals surface area (Å²) in [6, 6.07) is 0. The number of fused-ring (bicyclic) bond motifs is 2. The normalized spacial score (nSPS) is 29.1. The molecule has 1 amide bonds. The van der Waals surface area contributed by atoms with Gasteiger partial charge in [0, 0.05) is 27.2 Å². The molecule has 0 unspecified atom stereocenters. The van der Waals surface area contributed by atoms with Crippen molar-refractivity contribution in [2.45, 2.75) is 31.9 Å². The molecule has 3 rings (SSSR count). The maximum atomic E-state index is 12.9. The summed E-state index contributed by atoms with van der Waals surface area (Å²) < 4.78 is 57.4. The summed E-state index contributed by atoms with van der Waals surface area (Å²) in [4.78, 5) is 23.5. The number of sulfonamides is 1. The molecule has 2 heterocycles. The van der Waals surface area contributed by atoms with Crippen molar-refractivity contribution in [2.24, 2.45) is 16.7 Å². The van der Waals surface area contributed by atoms with Crippen LogP contribution in [0, 0.1) is 16.7 Å². The molecule has 2 N–H and O–H groups in total. The average molecular weight is 443 g/mol. The second-order valence-electron chi connectivity index (χ2n) is 8.38. The quantitative estimate of drug-likeness (QED) is 0.652. The van der Waals surface area contributed by atoms with Crippen molar-refractivity contribution < 1.29 is 36.3 Å². The Kier molecular flexibility index (Phi) is 6.61. The van der Waals surface area contributed by atoms with Gasteiger partial charge in [-0.15, -0.1) is 0 Å². The first-order valence-corrected chi connectivity index (χ1v) is 11.2. The second-order valence-corrected chi connectivity index (χ2v) is 10.4. The highest BCUT2D eigenvalue weighted by atomic mass is 32.2. The van der Waals surface area contributed by atoms with Gasteiger partial charge >= 0.3 is 12.1 Å². The Morgan fingerprint density at radius 2 is 1.66 bits per heavy atom. The maximum Gasteiger partial charge on any atom is 0.490 e. The number of nitrogens with zero attached hydrogens (tertiary/aromatic N) is 2. The molecule has 1 aliphatic carbocycles. The fourth-order valence-electron chi connectivity index (χ4n) is 5.09. The van der Waals surface area contributed by atoms with E-state index in [0.29, 0.717) is 13.1 Å². The summed E-state index contributed by atoms with van der Waals surface area (Å²) in [6.07, 6.45) is 0.156. The largest absolute Gasteiger partial charge is 0.490 e. The summed E-state index contributed by atoms with van der Waals surface area (Å²) in [5.41, 5.74) is -0.375. The number of carboxylic acid groups (broad SMARTS) is 1. The fraction of sp³-hybridized carbons (Fsp3) is 0.882. The third-order valence-electron chi connectivity index (χ3n) is 6.46. The molecule has 2 aliphatic heterocycles. The average Bonchev–Trinajstić information content (AvgIpc) is 3.12. The lowest BCUT2D eigenvalue weighted by Crippen LogP contribution is -2.48. The number of halogens is 3. The third kappa shape index (κ3) is 4.69. The number of nitrogens with one attached hydrogen (secondary N) is 1. The van der Waals surface area contributed by atoms with Crippen LogP contribution in [-0.2, 0) is 19.6 Å². The van der Waals surface area contributed by atoms with Crippen molar-refractivity contribution in [1.29, 1.82) is 0 Å². The number of rotatable bonds is 2. The zero-order valence-corrected chi connectivity index (χ0v) is 17.6. The van der Waals surface area contributed by atoms with Gasteiger partial charge in [0.1, 0.15) is 0 Å². The molecule has 29 heavy (non-hydrogen) atoms. The predicted molar refractivity (Wildman–Crippen MR) is 98.5 cm³/mol. The molecule has 0 aromatic heterocycles. The van der Waals surface area contributed by atoms with Crippen LogP contribution in [0.4, 0.5) is 13.2 Å². The highest BCUT2D eigenvalue weighted by molar-refractivity contribution is 7.88. The van der Waals surface area contributed by atoms with E-state index >= 15 is 0 Å². The van der Waals surface area contributed by atoms with Gasteiger partial charge in [0.25, 0.3) is 0 Å². The molecule has 3 aliphatic rings. The summed E-state index contributed by atoms with van der Waals surface area (Å²) in [5.74, 6) is -2.49. The molecule has 0 radical (unpaired) electrons. The Hall–Kier alpha value is -1.40. The topological polar surface area (TPSA) is 107 Å². The Bertz CT molecular complexity index is 750. The van der Waals surface area contributed by atoms with E-state index in [1.54, 1.807) is 23.3 Å². The van der Waals surface area contributed by atoms with Crippen molar-refractivity contribution in [3.63, 3.8) is 0 Å². The van der Waals surface area contributed by atoms with E-state index in [2.05, 4.69) is 5.32 Å². The summed E-state index contributed by atoms with van der Waals surface area (Å²) in [7, 11) is 0.315. The molecule has 0 bridgehead atoms. The Morgan fingerprint density at radius 3 is 2.07 bits per heavy atom. The number of aliphatic carboxylic acids is 1. The van der Waals surface area contributed by atoms with Crippen molar-refractivity contribution in [1.82, 2.24) is 14.5 Å². The number of piperidine rings is 1. The van der Waals surface area contributed by atoms with Gasteiger partial charge in [0.2, 0.25) is 15.9 Å². The minimum absolute atomic E-state index is 0.110. The van der Waals surface area contributed by atoms with E-state index in [0.717, 1.165) is 38.8 Å². The smallest absolute Gasteiger partial charge is 0.475 e. The molecular weight excluding hydrogens is 415 g/mol. The fourth-order valence-corrected chi connectivity index (χ4v) is 5.98. The SMILES string of the molecule is CN(C)C(=O)[C@@]12CCC3(CCNCC3)[C@@H]1CN(S(C)(=O)=O)C2.O=C(O)C(F)(F)F. The van der Waals surface area contributed by atoms with Gasteiger partial charge in [-0.05, 0) is 50.1 Å². The van der Waals surface area contributed by atoms with Crippen LogP contribution in [0.5, 0.6) is 0 Å². The van der Waals surface area contributed by atoms with Crippen LogP contribution in [0.3, 0.4) is 0 Å². The summed E-state index contributed by atoms with van der Waals surface area (Å²) in [5, 5.41) is 10.5. The van der Waals surface area contributed by atoms with E-state index < -0.39 is 27.6 Å².